The number of nitrogens with one attached hydrogen (secondary N) is 1. The minimum absolute atomic E-state index is 0.190. The number of amides is 2. The Hall–Kier alpha value is -1.78. The van der Waals surface area contributed by atoms with Crippen molar-refractivity contribution in [3.05, 3.63) is 24.2 Å². The number of carbonyl (C=O) groups is 2. The number of nitrogens with zero attached hydrogens (tertiary/aromatic N) is 1. The third kappa shape index (κ3) is 3.85. The number of hydrogen-bond donors (Lipinski definition) is 1. The van der Waals surface area contributed by atoms with E-state index in [0.717, 1.165) is 12.8 Å². The van der Waals surface area contributed by atoms with Gasteiger partial charge in [-0.3, -0.25) is 9.59 Å². The largest absolute Gasteiger partial charge is 0.459 e. The summed E-state index contributed by atoms with van der Waals surface area (Å²) in [4.78, 5) is 25.7. The minimum Gasteiger partial charge on any atom is -0.459 e. The van der Waals surface area contributed by atoms with Crippen LogP contribution in [0.1, 0.15) is 50.1 Å². The number of hydrogen-bond acceptors (Lipinski definition) is 3. The molecule has 5 nitrogen and oxygen atoms in total. The lowest BCUT2D eigenvalue weighted by molar-refractivity contribution is -0.133. The van der Waals surface area contributed by atoms with E-state index in [9.17, 15) is 9.59 Å². The van der Waals surface area contributed by atoms with Gasteiger partial charge < -0.3 is 14.6 Å². The topological polar surface area (TPSA) is 62.6 Å². The molecule has 1 fully saturated rings. The highest BCUT2D eigenvalue weighted by Gasteiger charge is 2.33. The van der Waals surface area contributed by atoms with Gasteiger partial charge in [-0.25, -0.2) is 0 Å². The Morgan fingerprint density at radius 2 is 2.20 bits per heavy atom. The molecule has 1 N–H and O–H groups in total. The number of carbonyl (C=O) groups excluding carboxylic acids is 2. The van der Waals surface area contributed by atoms with Crippen molar-refractivity contribution in [1.29, 1.82) is 0 Å². The van der Waals surface area contributed by atoms with Crippen LogP contribution in [0.15, 0.2) is 22.8 Å². The molecular formula is C15H22N2O3. The van der Waals surface area contributed by atoms with E-state index in [2.05, 4.69) is 19.2 Å². The van der Waals surface area contributed by atoms with Crippen molar-refractivity contribution >= 4 is 11.8 Å². The fourth-order valence-corrected chi connectivity index (χ4v) is 2.33. The Bertz CT molecular complexity index is 448. The van der Waals surface area contributed by atoms with Crippen molar-refractivity contribution in [2.75, 3.05) is 6.54 Å². The molecular weight excluding hydrogens is 256 g/mol. The van der Waals surface area contributed by atoms with Gasteiger partial charge in [-0.05, 0) is 45.2 Å². The monoisotopic (exact) mass is 278 g/mol. The molecule has 110 valence electrons. The maximum absolute atomic E-state index is 12.1. The highest BCUT2D eigenvalue weighted by molar-refractivity contribution is 5.91. The molecule has 1 aromatic heterocycles. The molecule has 0 radical (unpaired) electrons. The van der Waals surface area contributed by atoms with Gasteiger partial charge in [-0.2, -0.15) is 0 Å². The van der Waals surface area contributed by atoms with Gasteiger partial charge in [0, 0.05) is 25.0 Å². The van der Waals surface area contributed by atoms with Crippen molar-refractivity contribution in [3.63, 3.8) is 0 Å². The van der Waals surface area contributed by atoms with Crippen LogP contribution in [0.3, 0.4) is 0 Å². The summed E-state index contributed by atoms with van der Waals surface area (Å²) >= 11 is 0. The second-order valence-electron chi connectivity index (χ2n) is 5.46. The summed E-state index contributed by atoms with van der Waals surface area (Å²) in [6.07, 6.45) is 4.85. The lowest BCUT2D eigenvalue weighted by Crippen LogP contribution is -2.39. The first-order chi connectivity index (χ1) is 9.59. The second-order valence-corrected chi connectivity index (χ2v) is 5.46. The first kappa shape index (κ1) is 14.6. The summed E-state index contributed by atoms with van der Waals surface area (Å²) in [5.41, 5.74) is 0. The molecule has 5 heteroatoms. The molecule has 2 amide bonds. The lowest BCUT2D eigenvalue weighted by Gasteiger charge is -2.26. The van der Waals surface area contributed by atoms with Crippen molar-refractivity contribution in [2.24, 2.45) is 0 Å². The Labute approximate surface area is 119 Å². The van der Waals surface area contributed by atoms with Crippen LogP contribution >= 0.6 is 0 Å². The van der Waals surface area contributed by atoms with Crippen molar-refractivity contribution in [2.45, 2.75) is 51.6 Å². The predicted molar refractivity (Wildman–Crippen MR) is 75.3 cm³/mol. The molecule has 0 spiro atoms. The molecule has 0 bridgehead atoms. The Morgan fingerprint density at radius 1 is 1.45 bits per heavy atom. The van der Waals surface area contributed by atoms with Gasteiger partial charge in [0.2, 0.25) is 5.91 Å². The normalized spacial score (nSPS) is 14.3. The Kier molecular flexibility index (Phi) is 4.82. The smallest absolute Gasteiger partial charge is 0.286 e. The third-order valence-electron chi connectivity index (χ3n) is 3.38. The van der Waals surface area contributed by atoms with E-state index in [-0.39, 0.29) is 17.9 Å². The van der Waals surface area contributed by atoms with Crippen LogP contribution in [0, 0.1) is 0 Å². The number of rotatable bonds is 7. The summed E-state index contributed by atoms with van der Waals surface area (Å²) in [6.45, 7) is 4.59. The van der Waals surface area contributed by atoms with Gasteiger partial charge >= 0.3 is 0 Å². The maximum atomic E-state index is 12.1. The molecule has 0 atom stereocenters. The summed E-state index contributed by atoms with van der Waals surface area (Å²) in [7, 11) is 0. The summed E-state index contributed by atoms with van der Waals surface area (Å²) in [5.74, 6) is 0.262. The molecule has 1 saturated carbocycles. The van der Waals surface area contributed by atoms with Gasteiger partial charge in [0.15, 0.2) is 5.76 Å². The molecule has 0 aliphatic heterocycles. The van der Waals surface area contributed by atoms with Crippen LogP contribution < -0.4 is 5.32 Å². The van der Waals surface area contributed by atoms with Crippen molar-refractivity contribution in [3.8, 4) is 0 Å². The number of furan rings is 1. The van der Waals surface area contributed by atoms with Gasteiger partial charge in [-0.15, -0.1) is 0 Å². The van der Waals surface area contributed by atoms with Crippen molar-refractivity contribution < 1.29 is 14.0 Å². The SMILES string of the molecule is CC(C)N(C(=O)CCCNC(=O)c1ccco1)C1CC1. The van der Waals surface area contributed by atoms with E-state index in [1.165, 1.54) is 6.26 Å². The van der Waals surface area contributed by atoms with E-state index < -0.39 is 0 Å². The zero-order chi connectivity index (χ0) is 14.5. The third-order valence-corrected chi connectivity index (χ3v) is 3.38. The fraction of sp³-hybridized carbons (Fsp3) is 0.600. The van der Waals surface area contributed by atoms with E-state index in [4.69, 9.17) is 4.42 Å². The highest BCUT2D eigenvalue weighted by Crippen LogP contribution is 2.29. The first-order valence-corrected chi connectivity index (χ1v) is 7.22. The molecule has 20 heavy (non-hydrogen) atoms. The van der Waals surface area contributed by atoms with Crippen LogP contribution in [0.25, 0.3) is 0 Å². The van der Waals surface area contributed by atoms with Crippen LogP contribution in [0.4, 0.5) is 0 Å². The van der Waals surface area contributed by atoms with Gasteiger partial charge in [0.25, 0.3) is 5.91 Å². The van der Waals surface area contributed by atoms with Crippen LogP contribution in [-0.4, -0.2) is 35.3 Å². The van der Waals surface area contributed by atoms with Gasteiger partial charge in [0.1, 0.15) is 0 Å². The quantitative estimate of drug-likeness (QED) is 0.778. The molecule has 1 heterocycles. The molecule has 0 saturated heterocycles. The molecule has 1 aromatic rings. The van der Waals surface area contributed by atoms with E-state index in [1.807, 2.05) is 4.90 Å². The lowest BCUT2D eigenvalue weighted by atomic mass is 10.2. The maximum Gasteiger partial charge on any atom is 0.286 e. The predicted octanol–water partition coefficient (Wildman–Crippen LogP) is 2.19. The average molecular weight is 278 g/mol. The Balaban J connectivity index is 1.67. The van der Waals surface area contributed by atoms with E-state index in [1.54, 1.807) is 12.1 Å². The van der Waals surface area contributed by atoms with Gasteiger partial charge in [0.05, 0.1) is 6.26 Å². The molecule has 1 aliphatic carbocycles. The highest BCUT2D eigenvalue weighted by atomic mass is 16.3. The van der Waals surface area contributed by atoms with E-state index >= 15 is 0 Å². The molecule has 1 aliphatic rings. The Morgan fingerprint density at radius 3 is 2.75 bits per heavy atom. The summed E-state index contributed by atoms with van der Waals surface area (Å²) in [6, 6.07) is 4.00. The fourth-order valence-electron chi connectivity index (χ4n) is 2.33. The van der Waals surface area contributed by atoms with E-state index in [0.29, 0.717) is 31.2 Å². The van der Waals surface area contributed by atoms with Crippen LogP contribution in [0.2, 0.25) is 0 Å². The van der Waals surface area contributed by atoms with Gasteiger partial charge in [-0.1, -0.05) is 0 Å². The average Bonchev–Trinajstić information content (AvgIpc) is 3.06. The van der Waals surface area contributed by atoms with Crippen LogP contribution in [0.5, 0.6) is 0 Å². The molecule has 2 rings (SSSR count). The van der Waals surface area contributed by atoms with Crippen molar-refractivity contribution in [1.82, 2.24) is 10.2 Å². The zero-order valence-electron chi connectivity index (χ0n) is 12.1. The first-order valence-electron chi connectivity index (χ1n) is 7.22. The van der Waals surface area contributed by atoms with Crippen LogP contribution in [-0.2, 0) is 4.79 Å². The molecule has 0 aromatic carbocycles. The summed E-state index contributed by atoms with van der Waals surface area (Å²) < 4.78 is 5.00. The molecule has 0 unspecified atom stereocenters. The zero-order valence-corrected chi connectivity index (χ0v) is 12.1. The standard InChI is InChI=1S/C15H22N2O3/c1-11(2)17(12-7-8-12)14(18)6-3-9-16-15(19)13-5-4-10-20-13/h4-5,10-12H,3,6-9H2,1-2H3,(H,16,19). The minimum atomic E-state index is -0.231. The second kappa shape index (κ2) is 6.59. The summed E-state index contributed by atoms with van der Waals surface area (Å²) in [5, 5.41) is 2.75.